The van der Waals surface area contributed by atoms with E-state index in [4.69, 9.17) is 4.74 Å². The Morgan fingerprint density at radius 1 is 1.44 bits per heavy atom. The molecule has 1 aliphatic rings. The quantitative estimate of drug-likeness (QED) is 0.761. The minimum Gasteiger partial charge on any atom is -0.389 e. The van der Waals surface area contributed by atoms with Crippen LogP contribution in [-0.2, 0) is 9.53 Å². The molecule has 0 saturated heterocycles. The van der Waals surface area contributed by atoms with Crippen LogP contribution in [0.2, 0.25) is 0 Å². The number of aliphatic hydroxyl groups excluding tert-OH is 1. The minimum atomic E-state index is -0.607. The highest BCUT2D eigenvalue weighted by Crippen LogP contribution is 2.38. The number of carbonyl (C=O) groups excluding carboxylic acids is 1. The Bertz CT molecular complexity index is 256. The highest BCUT2D eigenvalue weighted by molar-refractivity contribution is 5.76. The van der Waals surface area contributed by atoms with Gasteiger partial charge in [-0.15, -0.1) is 0 Å². The van der Waals surface area contributed by atoms with Crippen LogP contribution in [0.15, 0.2) is 0 Å². The normalized spacial score (nSPS) is 21.6. The summed E-state index contributed by atoms with van der Waals surface area (Å²) >= 11 is 0. The van der Waals surface area contributed by atoms with E-state index < -0.39 is 6.10 Å². The van der Waals surface area contributed by atoms with Crippen LogP contribution in [-0.4, -0.2) is 37.4 Å². The summed E-state index contributed by atoms with van der Waals surface area (Å²) in [5.74, 6) is 0.562. The Labute approximate surface area is 110 Å². The first-order valence-electron chi connectivity index (χ1n) is 6.86. The summed E-state index contributed by atoms with van der Waals surface area (Å²) in [5, 5.41) is 12.2. The standard InChI is InChI=1S/C14H27NO3/c1-14(2)6-4-11(5-7-14)8-13(17)15-9-12(16)10-18-3/h11-12,16H,4-10H2,1-3H3,(H,15,17). The molecule has 0 aliphatic heterocycles. The molecule has 0 aromatic heterocycles. The maximum atomic E-state index is 11.7. The lowest BCUT2D eigenvalue weighted by Crippen LogP contribution is -2.35. The van der Waals surface area contributed by atoms with Crippen LogP contribution < -0.4 is 5.32 Å². The molecule has 0 spiro atoms. The van der Waals surface area contributed by atoms with Gasteiger partial charge in [-0.2, -0.15) is 0 Å². The van der Waals surface area contributed by atoms with E-state index in [1.54, 1.807) is 0 Å². The maximum absolute atomic E-state index is 11.7. The van der Waals surface area contributed by atoms with E-state index in [1.165, 1.54) is 20.0 Å². The van der Waals surface area contributed by atoms with Gasteiger partial charge >= 0.3 is 0 Å². The fourth-order valence-electron chi connectivity index (χ4n) is 2.48. The average Bonchev–Trinajstić information content (AvgIpc) is 2.30. The Morgan fingerprint density at radius 2 is 2.06 bits per heavy atom. The van der Waals surface area contributed by atoms with Crippen molar-refractivity contribution in [3.63, 3.8) is 0 Å². The summed E-state index contributed by atoms with van der Waals surface area (Å²) in [5.41, 5.74) is 0.446. The summed E-state index contributed by atoms with van der Waals surface area (Å²) in [6, 6.07) is 0. The van der Waals surface area contributed by atoms with Crippen LogP contribution in [0.3, 0.4) is 0 Å². The Balaban J connectivity index is 2.17. The molecule has 106 valence electrons. The topological polar surface area (TPSA) is 58.6 Å². The third-order valence-corrected chi connectivity index (χ3v) is 3.83. The van der Waals surface area contributed by atoms with Crippen molar-refractivity contribution in [3.8, 4) is 0 Å². The van der Waals surface area contributed by atoms with E-state index >= 15 is 0 Å². The Hall–Kier alpha value is -0.610. The first-order chi connectivity index (χ1) is 8.43. The second-order valence-corrected chi connectivity index (χ2v) is 6.22. The predicted molar refractivity (Wildman–Crippen MR) is 71.2 cm³/mol. The molecule has 1 unspecified atom stereocenters. The van der Waals surface area contributed by atoms with Gasteiger partial charge in [0.1, 0.15) is 0 Å². The van der Waals surface area contributed by atoms with Gasteiger partial charge in [-0.1, -0.05) is 13.8 Å². The number of amides is 1. The van der Waals surface area contributed by atoms with Gasteiger partial charge in [0.05, 0.1) is 12.7 Å². The summed E-state index contributed by atoms with van der Waals surface area (Å²) in [4.78, 5) is 11.7. The molecular weight excluding hydrogens is 230 g/mol. The van der Waals surface area contributed by atoms with E-state index in [2.05, 4.69) is 19.2 Å². The van der Waals surface area contributed by atoms with Crippen LogP contribution in [0.5, 0.6) is 0 Å². The Kier molecular flexibility index (Phi) is 6.09. The number of rotatable bonds is 6. The van der Waals surface area contributed by atoms with Gasteiger partial charge in [-0.25, -0.2) is 0 Å². The van der Waals surface area contributed by atoms with Crippen LogP contribution in [0, 0.1) is 11.3 Å². The molecule has 0 aromatic carbocycles. The zero-order valence-electron chi connectivity index (χ0n) is 11.9. The number of aliphatic hydroxyl groups is 1. The van der Waals surface area contributed by atoms with E-state index in [9.17, 15) is 9.90 Å². The fourth-order valence-corrected chi connectivity index (χ4v) is 2.48. The van der Waals surface area contributed by atoms with Crippen molar-refractivity contribution >= 4 is 5.91 Å². The summed E-state index contributed by atoms with van der Waals surface area (Å²) in [7, 11) is 1.54. The monoisotopic (exact) mass is 257 g/mol. The fraction of sp³-hybridized carbons (Fsp3) is 0.929. The van der Waals surface area contributed by atoms with Gasteiger partial charge in [0, 0.05) is 20.1 Å². The van der Waals surface area contributed by atoms with Gasteiger partial charge in [0.15, 0.2) is 0 Å². The molecule has 4 heteroatoms. The molecule has 4 nitrogen and oxygen atoms in total. The maximum Gasteiger partial charge on any atom is 0.220 e. The zero-order chi connectivity index (χ0) is 13.6. The smallest absolute Gasteiger partial charge is 0.220 e. The third kappa shape index (κ3) is 5.83. The van der Waals surface area contributed by atoms with Gasteiger partial charge in [-0.3, -0.25) is 4.79 Å². The van der Waals surface area contributed by atoms with Crippen LogP contribution in [0.1, 0.15) is 46.0 Å². The van der Waals surface area contributed by atoms with Crippen molar-refractivity contribution in [3.05, 3.63) is 0 Å². The van der Waals surface area contributed by atoms with Crippen molar-refractivity contribution in [2.45, 2.75) is 52.1 Å². The molecule has 1 aliphatic carbocycles. The van der Waals surface area contributed by atoms with Crippen LogP contribution >= 0.6 is 0 Å². The number of nitrogens with one attached hydrogen (secondary N) is 1. The number of hydrogen-bond acceptors (Lipinski definition) is 3. The van der Waals surface area contributed by atoms with Crippen molar-refractivity contribution in [1.82, 2.24) is 5.32 Å². The second kappa shape index (κ2) is 7.10. The molecule has 1 amide bonds. The number of carbonyl (C=O) groups is 1. The Morgan fingerprint density at radius 3 is 2.61 bits per heavy atom. The van der Waals surface area contributed by atoms with E-state index in [1.807, 2.05) is 0 Å². The molecule has 1 fully saturated rings. The third-order valence-electron chi connectivity index (χ3n) is 3.83. The molecule has 0 heterocycles. The molecular formula is C14H27NO3. The molecule has 0 aromatic rings. The molecule has 0 radical (unpaired) electrons. The van der Waals surface area contributed by atoms with Crippen LogP contribution in [0.4, 0.5) is 0 Å². The highest BCUT2D eigenvalue weighted by atomic mass is 16.5. The van der Waals surface area contributed by atoms with Crippen molar-refractivity contribution in [1.29, 1.82) is 0 Å². The van der Waals surface area contributed by atoms with Crippen molar-refractivity contribution in [2.24, 2.45) is 11.3 Å². The van der Waals surface area contributed by atoms with E-state index in [0.717, 1.165) is 12.8 Å². The van der Waals surface area contributed by atoms with Crippen molar-refractivity contribution in [2.75, 3.05) is 20.3 Å². The summed E-state index contributed by atoms with van der Waals surface area (Å²) < 4.78 is 4.81. The number of methoxy groups -OCH3 is 1. The molecule has 1 rings (SSSR count). The van der Waals surface area contributed by atoms with E-state index in [0.29, 0.717) is 17.8 Å². The van der Waals surface area contributed by atoms with Crippen molar-refractivity contribution < 1.29 is 14.6 Å². The molecule has 0 bridgehead atoms. The largest absolute Gasteiger partial charge is 0.389 e. The lowest BCUT2D eigenvalue weighted by molar-refractivity contribution is -0.123. The second-order valence-electron chi connectivity index (χ2n) is 6.22. The first kappa shape index (κ1) is 15.4. The average molecular weight is 257 g/mol. The lowest BCUT2D eigenvalue weighted by Gasteiger charge is -2.34. The summed E-state index contributed by atoms with van der Waals surface area (Å²) in [6.07, 6.45) is 4.68. The number of ether oxygens (including phenoxy) is 1. The van der Waals surface area contributed by atoms with Gasteiger partial charge < -0.3 is 15.2 Å². The molecule has 2 N–H and O–H groups in total. The lowest BCUT2D eigenvalue weighted by atomic mass is 9.72. The number of hydrogen-bond donors (Lipinski definition) is 2. The zero-order valence-corrected chi connectivity index (χ0v) is 11.9. The summed E-state index contributed by atoms with van der Waals surface area (Å²) in [6.45, 7) is 5.14. The van der Waals surface area contributed by atoms with Gasteiger partial charge in [-0.05, 0) is 37.0 Å². The molecule has 1 saturated carbocycles. The SMILES string of the molecule is COCC(O)CNC(=O)CC1CCC(C)(C)CC1. The molecule has 18 heavy (non-hydrogen) atoms. The van der Waals surface area contributed by atoms with Gasteiger partial charge in [0.2, 0.25) is 5.91 Å². The molecule has 1 atom stereocenters. The highest BCUT2D eigenvalue weighted by Gasteiger charge is 2.27. The van der Waals surface area contributed by atoms with E-state index in [-0.39, 0.29) is 19.1 Å². The van der Waals surface area contributed by atoms with Gasteiger partial charge in [0.25, 0.3) is 0 Å². The van der Waals surface area contributed by atoms with Crippen LogP contribution in [0.25, 0.3) is 0 Å². The minimum absolute atomic E-state index is 0.0508. The predicted octanol–water partition coefficient (Wildman–Crippen LogP) is 1.72. The first-order valence-corrected chi connectivity index (χ1v) is 6.86.